The second kappa shape index (κ2) is 8.81. The van der Waals surface area contributed by atoms with E-state index in [2.05, 4.69) is 20.5 Å². The number of nitrogens with zero attached hydrogens (tertiary/aromatic N) is 2. The number of hydrogen-bond donors (Lipinski definition) is 3. The van der Waals surface area contributed by atoms with Crippen LogP contribution in [-0.4, -0.2) is 45.9 Å². The molecular formula is C22H24N4O3S. The monoisotopic (exact) mass is 424 g/mol. The maximum absolute atomic E-state index is 12.7. The second-order valence-electron chi connectivity index (χ2n) is 7.47. The Morgan fingerprint density at radius 3 is 2.53 bits per heavy atom. The number of phenols is 1. The van der Waals surface area contributed by atoms with Gasteiger partial charge in [-0.05, 0) is 57.1 Å². The average Bonchev–Trinajstić information content (AvgIpc) is 3.17. The number of amides is 2. The standard InChI is InChI=1S/C22H24N4O3S/c1-14(20(28)25-22-24-17-7-3-5-9-19(17)30-22)26-12-10-15(11-13-26)21(29)23-16-6-2-4-8-18(16)27/h2-9,14-15,27H,10-13H2,1H3,(H,23,29)(H,24,25,28). The smallest absolute Gasteiger partial charge is 0.243 e. The van der Waals surface area contributed by atoms with E-state index in [1.165, 1.54) is 11.3 Å². The molecule has 1 unspecified atom stereocenters. The first kappa shape index (κ1) is 20.3. The molecule has 3 aromatic rings. The third kappa shape index (κ3) is 4.44. The third-order valence-electron chi connectivity index (χ3n) is 5.51. The number of fused-ring (bicyclic) bond motifs is 1. The van der Waals surface area contributed by atoms with Crippen molar-refractivity contribution in [1.82, 2.24) is 9.88 Å². The van der Waals surface area contributed by atoms with Crippen LogP contribution in [0.5, 0.6) is 5.75 Å². The largest absolute Gasteiger partial charge is 0.506 e. The van der Waals surface area contributed by atoms with Crippen LogP contribution in [-0.2, 0) is 9.59 Å². The van der Waals surface area contributed by atoms with Crippen molar-refractivity contribution >= 4 is 44.2 Å². The fraction of sp³-hybridized carbons (Fsp3) is 0.318. The van der Waals surface area contributed by atoms with Gasteiger partial charge in [-0.25, -0.2) is 4.98 Å². The van der Waals surface area contributed by atoms with E-state index in [0.29, 0.717) is 36.8 Å². The van der Waals surface area contributed by atoms with Crippen molar-refractivity contribution in [1.29, 1.82) is 0 Å². The summed E-state index contributed by atoms with van der Waals surface area (Å²) in [5.41, 5.74) is 1.30. The summed E-state index contributed by atoms with van der Waals surface area (Å²) in [5.74, 6) is -0.266. The van der Waals surface area contributed by atoms with Crippen molar-refractivity contribution in [3.63, 3.8) is 0 Å². The van der Waals surface area contributed by atoms with E-state index in [9.17, 15) is 14.7 Å². The van der Waals surface area contributed by atoms with Crippen molar-refractivity contribution < 1.29 is 14.7 Å². The molecular weight excluding hydrogens is 400 g/mol. The third-order valence-corrected chi connectivity index (χ3v) is 6.47. The molecule has 0 saturated carbocycles. The van der Waals surface area contributed by atoms with E-state index in [0.717, 1.165) is 10.2 Å². The molecule has 0 aliphatic carbocycles. The summed E-state index contributed by atoms with van der Waals surface area (Å²) in [5, 5.41) is 16.2. The fourth-order valence-electron chi connectivity index (χ4n) is 3.66. The van der Waals surface area contributed by atoms with E-state index < -0.39 is 0 Å². The van der Waals surface area contributed by atoms with Gasteiger partial charge in [0, 0.05) is 5.92 Å². The van der Waals surface area contributed by atoms with Gasteiger partial charge in [-0.15, -0.1) is 0 Å². The molecule has 1 fully saturated rings. The van der Waals surface area contributed by atoms with Gasteiger partial charge in [0.25, 0.3) is 0 Å². The number of thiazole rings is 1. The molecule has 2 heterocycles. The molecule has 30 heavy (non-hydrogen) atoms. The van der Waals surface area contributed by atoms with Gasteiger partial charge >= 0.3 is 0 Å². The minimum Gasteiger partial charge on any atom is -0.506 e. The van der Waals surface area contributed by atoms with Gasteiger partial charge in [-0.1, -0.05) is 35.6 Å². The number of anilines is 2. The summed E-state index contributed by atoms with van der Waals surface area (Å²) < 4.78 is 1.04. The lowest BCUT2D eigenvalue weighted by Gasteiger charge is -2.34. The Bertz CT molecular complexity index is 1030. The first-order valence-electron chi connectivity index (χ1n) is 10.0. The number of piperidine rings is 1. The zero-order valence-corrected chi connectivity index (χ0v) is 17.5. The molecule has 1 aliphatic heterocycles. The highest BCUT2D eigenvalue weighted by molar-refractivity contribution is 7.22. The quantitative estimate of drug-likeness (QED) is 0.543. The van der Waals surface area contributed by atoms with E-state index in [1.54, 1.807) is 24.3 Å². The molecule has 8 heteroatoms. The average molecular weight is 425 g/mol. The van der Waals surface area contributed by atoms with Gasteiger partial charge in [0.15, 0.2) is 5.13 Å². The number of phenolic OH excluding ortho intramolecular Hbond substituents is 1. The SMILES string of the molecule is CC(C(=O)Nc1nc2ccccc2s1)N1CCC(C(=O)Nc2ccccc2O)CC1. The van der Waals surface area contributed by atoms with E-state index in [1.807, 2.05) is 31.2 Å². The summed E-state index contributed by atoms with van der Waals surface area (Å²) in [6.45, 7) is 3.20. The van der Waals surface area contributed by atoms with Gasteiger partial charge in [0.2, 0.25) is 11.8 Å². The Kier molecular flexibility index (Phi) is 5.96. The van der Waals surface area contributed by atoms with Crippen LogP contribution in [0.3, 0.4) is 0 Å². The maximum Gasteiger partial charge on any atom is 0.243 e. The van der Waals surface area contributed by atoms with Crippen LogP contribution in [0.15, 0.2) is 48.5 Å². The van der Waals surface area contributed by atoms with Crippen LogP contribution in [0.4, 0.5) is 10.8 Å². The zero-order valence-electron chi connectivity index (χ0n) is 16.7. The molecule has 3 N–H and O–H groups in total. The van der Waals surface area contributed by atoms with Crippen LogP contribution >= 0.6 is 11.3 Å². The lowest BCUT2D eigenvalue weighted by molar-refractivity contribution is -0.123. The van der Waals surface area contributed by atoms with Crippen LogP contribution < -0.4 is 10.6 Å². The van der Waals surface area contributed by atoms with Crippen molar-refractivity contribution in [2.75, 3.05) is 23.7 Å². The van der Waals surface area contributed by atoms with Crippen LogP contribution in [0.1, 0.15) is 19.8 Å². The van der Waals surface area contributed by atoms with Crippen molar-refractivity contribution in [2.45, 2.75) is 25.8 Å². The molecule has 1 saturated heterocycles. The Labute approximate surface area is 178 Å². The lowest BCUT2D eigenvalue weighted by Crippen LogP contribution is -2.47. The summed E-state index contributed by atoms with van der Waals surface area (Å²) >= 11 is 1.46. The zero-order chi connectivity index (χ0) is 21.1. The Balaban J connectivity index is 1.30. The number of para-hydroxylation sites is 3. The first-order chi connectivity index (χ1) is 14.5. The second-order valence-corrected chi connectivity index (χ2v) is 8.50. The van der Waals surface area contributed by atoms with Crippen LogP contribution in [0.25, 0.3) is 10.2 Å². The molecule has 2 aromatic carbocycles. The topological polar surface area (TPSA) is 94.6 Å². The van der Waals surface area contributed by atoms with Crippen LogP contribution in [0.2, 0.25) is 0 Å². The van der Waals surface area contributed by atoms with Crippen molar-refractivity contribution in [3.8, 4) is 5.75 Å². The van der Waals surface area contributed by atoms with E-state index in [4.69, 9.17) is 0 Å². The minimum atomic E-state index is -0.306. The van der Waals surface area contributed by atoms with Gasteiger partial charge < -0.3 is 15.7 Å². The summed E-state index contributed by atoms with van der Waals surface area (Å²) in [6.07, 6.45) is 1.33. The summed E-state index contributed by atoms with van der Waals surface area (Å²) in [4.78, 5) is 31.8. The molecule has 1 aliphatic rings. The predicted molar refractivity (Wildman–Crippen MR) is 119 cm³/mol. The number of rotatable bonds is 5. The van der Waals surface area contributed by atoms with Gasteiger partial charge in [-0.3, -0.25) is 14.5 Å². The fourth-order valence-corrected chi connectivity index (χ4v) is 4.53. The van der Waals surface area contributed by atoms with Crippen molar-refractivity contribution in [3.05, 3.63) is 48.5 Å². The number of carbonyl (C=O) groups is 2. The molecule has 4 rings (SSSR count). The van der Waals surface area contributed by atoms with E-state index >= 15 is 0 Å². The molecule has 0 bridgehead atoms. The molecule has 2 amide bonds. The normalized spacial score (nSPS) is 16.3. The van der Waals surface area contributed by atoms with Gasteiger partial charge in [-0.2, -0.15) is 0 Å². The Morgan fingerprint density at radius 1 is 1.10 bits per heavy atom. The van der Waals surface area contributed by atoms with Crippen LogP contribution in [0, 0.1) is 5.92 Å². The molecule has 156 valence electrons. The molecule has 7 nitrogen and oxygen atoms in total. The highest BCUT2D eigenvalue weighted by atomic mass is 32.1. The van der Waals surface area contributed by atoms with E-state index in [-0.39, 0.29) is 29.5 Å². The first-order valence-corrected chi connectivity index (χ1v) is 10.8. The summed E-state index contributed by atoms with van der Waals surface area (Å²) in [7, 11) is 0. The van der Waals surface area contributed by atoms with Gasteiger partial charge in [0.05, 0.1) is 21.9 Å². The van der Waals surface area contributed by atoms with Crippen molar-refractivity contribution in [2.24, 2.45) is 5.92 Å². The molecule has 0 spiro atoms. The number of carbonyl (C=O) groups excluding carboxylic acids is 2. The molecule has 1 atom stereocenters. The maximum atomic E-state index is 12.7. The molecule has 1 aromatic heterocycles. The highest BCUT2D eigenvalue weighted by Crippen LogP contribution is 2.27. The van der Waals surface area contributed by atoms with Gasteiger partial charge in [0.1, 0.15) is 5.75 Å². The Morgan fingerprint density at radius 2 is 1.80 bits per heavy atom. The number of nitrogens with one attached hydrogen (secondary N) is 2. The number of hydrogen-bond acceptors (Lipinski definition) is 6. The number of benzene rings is 2. The predicted octanol–water partition coefficient (Wildman–Crippen LogP) is 3.68. The highest BCUT2D eigenvalue weighted by Gasteiger charge is 2.30. The number of likely N-dealkylation sites (tertiary alicyclic amines) is 1. The lowest BCUT2D eigenvalue weighted by atomic mass is 9.94. The minimum absolute atomic E-state index is 0.0587. The summed E-state index contributed by atoms with van der Waals surface area (Å²) in [6, 6.07) is 14.2. The number of aromatic hydroxyl groups is 1. The molecule has 0 radical (unpaired) electrons. The Hall–Kier alpha value is -2.97. The number of aromatic nitrogens is 1.